The van der Waals surface area contributed by atoms with Crippen molar-refractivity contribution in [3.63, 3.8) is 0 Å². The van der Waals surface area contributed by atoms with Crippen LogP contribution < -0.4 is 37.2 Å². The summed E-state index contributed by atoms with van der Waals surface area (Å²) in [6.07, 6.45) is 0. The second-order valence-corrected chi connectivity index (χ2v) is 0. The van der Waals surface area contributed by atoms with Crippen LogP contribution in [0.5, 0.6) is 0 Å². The summed E-state index contributed by atoms with van der Waals surface area (Å²) in [7, 11) is 0. The Morgan fingerprint density at radius 3 is 0.600 bits per heavy atom. The summed E-state index contributed by atoms with van der Waals surface area (Å²) in [4.78, 5) is 0. The monoisotopic (exact) mass is 286 g/mol. The molecule has 0 aromatic rings. The van der Waals surface area contributed by atoms with Crippen LogP contribution in [0.3, 0.4) is 0 Å². The Hall–Kier alpha value is 2.50. The first-order valence-corrected chi connectivity index (χ1v) is 0. The maximum atomic E-state index is 0. The van der Waals surface area contributed by atoms with Crippen molar-refractivity contribution >= 4 is 12.4 Å². The normalized spacial score (nSPS) is 0. The zero-order valence-corrected chi connectivity index (χ0v) is 7.94. The number of hydrogen-bond donors (Lipinski definition) is 0. The van der Waals surface area contributed by atoms with E-state index < -0.39 is 0 Å². The van der Waals surface area contributed by atoms with Crippen molar-refractivity contribution in [2.45, 2.75) is 0 Å². The van der Waals surface area contributed by atoms with E-state index in [1.807, 2.05) is 0 Å². The molecule has 0 rings (SSSR count). The van der Waals surface area contributed by atoms with E-state index in [-0.39, 0.29) is 90.0 Å². The number of halogens is 4. The Balaban J connectivity index is 0. The molecule has 0 nitrogen and oxygen atoms in total. The molecule has 37 valence electrons. The molecule has 5 heavy (non-hydrogen) atoms. The Kier molecular flexibility index (Phi) is 319. The first-order valence-electron chi connectivity index (χ1n) is 0. The van der Waals surface area contributed by atoms with Gasteiger partial charge in [0, 0.05) is 40.4 Å². The van der Waals surface area contributed by atoms with Gasteiger partial charge in [-0.25, -0.2) is 0 Å². The van der Waals surface area contributed by atoms with E-state index in [4.69, 9.17) is 0 Å². The van der Waals surface area contributed by atoms with Crippen LogP contribution in [-0.4, -0.2) is 0 Å². The van der Waals surface area contributed by atoms with Gasteiger partial charge in [-0.15, -0.1) is 12.4 Å². The summed E-state index contributed by atoms with van der Waals surface area (Å²) >= 11 is 0. The number of hydrogen-bond acceptors (Lipinski definition) is 0. The second-order valence-electron chi connectivity index (χ2n) is 0. The number of rotatable bonds is 0. The first-order chi connectivity index (χ1) is 0. The van der Waals surface area contributed by atoms with Crippen molar-refractivity contribution in [2.75, 3.05) is 0 Å². The smallest absolute Gasteiger partial charge is 0 e. The van der Waals surface area contributed by atoms with E-state index in [9.17, 15) is 0 Å². The second kappa shape index (κ2) is 31.5. The Labute approximate surface area is 88.6 Å². The van der Waals surface area contributed by atoms with Crippen LogP contribution in [0.4, 0.5) is 0 Å². The summed E-state index contributed by atoms with van der Waals surface area (Å²) in [6, 6.07) is 0. The van der Waals surface area contributed by atoms with Gasteiger partial charge in [0.25, 0.3) is 0 Å². The van der Waals surface area contributed by atoms with E-state index in [0.29, 0.717) is 0 Å². The fraction of sp³-hybridized carbons (Fsp3) is 0. The summed E-state index contributed by atoms with van der Waals surface area (Å²) in [6.45, 7) is 0. The van der Waals surface area contributed by atoms with Crippen LogP contribution in [0.1, 0.15) is 0 Å². The van der Waals surface area contributed by atoms with Gasteiger partial charge < -0.3 is 37.2 Å². The van der Waals surface area contributed by atoms with Crippen molar-refractivity contribution in [3.05, 3.63) is 0 Å². The van der Waals surface area contributed by atoms with E-state index in [1.54, 1.807) is 0 Å². The quantitative estimate of drug-likeness (QED) is 0.415. The largest absolute Gasteiger partial charge is 1.00 e. The van der Waals surface area contributed by atoms with Gasteiger partial charge in [-0.1, -0.05) is 0 Å². The average molecular weight is 288 g/mol. The van der Waals surface area contributed by atoms with Gasteiger partial charge in [0.05, 0.1) is 0 Å². The third-order valence-corrected chi connectivity index (χ3v) is 0. The van der Waals surface area contributed by atoms with Gasteiger partial charge >= 0.3 is 0 Å². The van der Waals surface area contributed by atoms with Crippen LogP contribution in [0, 0.1) is 40.4 Å². The molecule has 0 bridgehead atoms. The van der Waals surface area contributed by atoms with Crippen molar-refractivity contribution in [1.29, 1.82) is 0 Å². The Morgan fingerprint density at radius 1 is 0.600 bits per heavy atom. The molecule has 0 N–H and O–H groups in total. The van der Waals surface area contributed by atoms with Crippen LogP contribution in [0.25, 0.3) is 0 Å². The molecule has 0 aliphatic heterocycles. The van der Waals surface area contributed by atoms with Crippen molar-refractivity contribution < 1.29 is 77.6 Å². The maximum Gasteiger partial charge on any atom is 0 e. The van der Waals surface area contributed by atoms with E-state index in [1.165, 1.54) is 0 Å². The van der Waals surface area contributed by atoms with Gasteiger partial charge in [-0.3, -0.25) is 0 Å². The molecule has 0 saturated carbocycles. The third kappa shape index (κ3) is 21.1. The molecule has 0 aliphatic carbocycles. The SMILES string of the molecule is Cl.[Cl-].[Cl-].[Cl-].[Pm]. The molecule has 0 fully saturated rings. The molecule has 0 unspecified atom stereocenters. The van der Waals surface area contributed by atoms with Crippen molar-refractivity contribution in [3.8, 4) is 0 Å². The minimum atomic E-state index is 0. The van der Waals surface area contributed by atoms with Gasteiger partial charge in [0.15, 0.2) is 0 Å². The fourth-order valence-electron chi connectivity index (χ4n) is 0. The van der Waals surface area contributed by atoms with E-state index in [2.05, 4.69) is 0 Å². The zero-order chi connectivity index (χ0) is 0. The molecule has 0 amide bonds. The molecule has 1 radical (unpaired) electrons. The van der Waals surface area contributed by atoms with Gasteiger partial charge in [0.1, 0.15) is 0 Å². The minimum Gasteiger partial charge on any atom is -1.00 e. The summed E-state index contributed by atoms with van der Waals surface area (Å²) in [5, 5.41) is 0. The summed E-state index contributed by atoms with van der Waals surface area (Å²) < 4.78 is 0. The Bertz CT molecular complexity index is 3.61. The molecule has 0 saturated heterocycles. The molecule has 0 spiro atoms. The van der Waals surface area contributed by atoms with E-state index in [0.717, 1.165) is 0 Å². The Morgan fingerprint density at radius 2 is 0.600 bits per heavy atom. The van der Waals surface area contributed by atoms with Crippen LogP contribution in [0.15, 0.2) is 0 Å². The van der Waals surface area contributed by atoms with Crippen LogP contribution in [0.2, 0.25) is 0 Å². The van der Waals surface area contributed by atoms with Crippen molar-refractivity contribution in [2.24, 2.45) is 0 Å². The molecule has 0 aliphatic rings. The molecular weight excluding hydrogens is 287 g/mol. The predicted molar refractivity (Wildman–Crippen MR) is 7.25 cm³/mol. The summed E-state index contributed by atoms with van der Waals surface area (Å²) in [5.41, 5.74) is 0. The molecule has 5 heteroatoms. The van der Waals surface area contributed by atoms with Crippen LogP contribution >= 0.6 is 12.4 Å². The summed E-state index contributed by atoms with van der Waals surface area (Å²) in [5.74, 6) is 0. The van der Waals surface area contributed by atoms with Gasteiger partial charge in [-0.2, -0.15) is 0 Å². The minimum absolute atomic E-state index is 0. The van der Waals surface area contributed by atoms with E-state index >= 15 is 0 Å². The molecule has 0 heterocycles. The molecule has 0 aromatic heterocycles. The molecule has 0 atom stereocenters. The fourth-order valence-corrected chi connectivity index (χ4v) is 0. The standard InChI is InChI=1S/4ClH.Pm/h4*1H;/p-3. The first kappa shape index (κ1) is 50.7. The van der Waals surface area contributed by atoms with Gasteiger partial charge in [0.2, 0.25) is 0 Å². The third-order valence-electron chi connectivity index (χ3n) is 0. The van der Waals surface area contributed by atoms with Crippen molar-refractivity contribution in [1.82, 2.24) is 0 Å². The van der Waals surface area contributed by atoms with Gasteiger partial charge in [-0.05, 0) is 0 Å². The average Bonchev–Trinajstić information content (AvgIpc) is 0. The molecule has 0 aromatic carbocycles. The maximum absolute atomic E-state index is 0. The molecular formula is HCl4Pm-3. The van der Waals surface area contributed by atoms with Crippen LogP contribution in [-0.2, 0) is 0 Å². The topological polar surface area (TPSA) is 0 Å². The predicted octanol–water partition coefficient (Wildman–Crippen LogP) is -8.57. The zero-order valence-electron chi connectivity index (χ0n) is 1.99.